The van der Waals surface area contributed by atoms with Gasteiger partial charge in [0, 0.05) is 11.1 Å². The van der Waals surface area contributed by atoms with Gasteiger partial charge in [0.25, 0.3) is 5.56 Å². The van der Waals surface area contributed by atoms with E-state index in [2.05, 4.69) is 10.3 Å². The third-order valence-corrected chi connectivity index (χ3v) is 6.46. The number of carbonyl (C=O) groups excluding carboxylic acids is 1. The molecule has 2 heterocycles. The molecule has 2 aromatic heterocycles. The standard InChI is InChI=1S/C19H20ClN3O2S2/c1-4-12(3)21-16(24)10-27-19-22-15-7-8-26-17(15)18(25)23(19)13-5-6-14(20)11(2)9-13/h5-9,12H,4,10H2,1-3H3,(H,21,24). The molecule has 1 amide bonds. The van der Waals surface area contributed by atoms with Gasteiger partial charge in [-0.2, -0.15) is 0 Å². The molecule has 5 nitrogen and oxygen atoms in total. The second-order valence-electron chi connectivity index (χ2n) is 6.27. The van der Waals surface area contributed by atoms with Gasteiger partial charge in [0.2, 0.25) is 5.91 Å². The molecular weight excluding hydrogens is 402 g/mol. The molecule has 0 spiro atoms. The Morgan fingerprint density at radius 2 is 2.19 bits per heavy atom. The Morgan fingerprint density at radius 3 is 2.89 bits per heavy atom. The van der Waals surface area contributed by atoms with Crippen LogP contribution in [0.2, 0.25) is 5.02 Å². The average molecular weight is 422 g/mol. The van der Waals surface area contributed by atoms with E-state index in [4.69, 9.17) is 11.6 Å². The van der Waals surface area contributed by atoms with Crippen molar-refractivity contribution in [3.05, 3.63) is 50.6 Å². The van der Waals surface area contributed by atoms with E-state index in [1.165, 1.54) is 23.1 Å². The molecule has 3 aromatic rings. The molecule has 0 saturated carbocycles. The maximum absolute atomic E-state index is 13.1. The number of aryl methyl sites for hydroxylation is 1. The SMILES string of the molecule is CCC(C)NC(=O)CSc1nc2ccsc2c(=O)n1-c1ccc(Cl)c(C)c1. The molecule has 8 heteroatoms. The zero-order chi connectivity index (χ0) is 19.6. The van der Waals surface area contributed by atoms with E-state index in [0.717, 1.165) is 12.0 Å². The largest absolute Gasteiger partial charge is 0.353 e. The van der Waals surface area contributed by atoms with E-state index in [1.807, 2.05) is 38.3 Å². The number of aromatic nitrogens is 2. The summed E-state index contributed by atoms with van der Waals surface area (Å²) in [5.74, 6) is 0.117. The molecule has 1 unspecified atom stereocenters. The summed E-state index contributed by atoms with van der Waals surface area (Å²) >= 11 is 8.75. The van der Waals surface area contributed by atoms with Crippen LogP contribution < -0.4 is 10.9 Å². The summed E-state index contributed by atoms with van der Waals surface area (Å²) in [5.41, 5.74) is 2.07. The van der Waals surface area contributed by atoms with Crippen LogP contribution in [0.15, 0.2) is 39.6 Å². The topological polar surface area (TPSA) is 64.0 Å². The fourth-order valence-electron chi connectivity index (χ4n) is 2.53. The average Bonchev–Trinajstić information content (AvgIpc) is 3.11. The van der Waals surface area contributed by atoms with Gasteiger partial charge in [-0.1, -0.05) is 30.3 Å². The summed E-state index contributed by atoms with van der Waals surface area (Å²) in [7, 11) is 0. The number of thioether (sulfide) groups is 1. The second-order valence-corrected chi connectivity index (χ2v) is 8.53. The summed E-state index contributed by atoms with van der Waals surface area (Å²) in [5, 5.41) is 5.91. The first kappa shape index (κ1) is 19.9. The first-order valence-corrected chi connectivity index (χ1v) is 10.8. The fraction of sp³-hybridized carbons (Fsp3) is 0.316. The first-order chi connectivity index (χ1) is 12.9. The van der Waals surface area contributed by atoms with Gasteiger partial charge in [-0.05, 0) is 55.5 Å². The highest BCUT2D eigenvalue weighted by Gasteiger charge is 2.16. The van der Waals surface area contributed by atoms with E-state index < -0.39 is 0 Å². The zero-order valence-corrected chi connectivity index (χ0v) is 17.7. The number of hydrogen-bond donors (Lipinski definition) is 1. The molecule has 27 heavy (non-hydrogen) atoms. The molecule has 0 aliphatic rings. The summed E-state index contributed by atoms with van der Waals surface area (Å²) in [6.45, 7) is 5.87. The van der Waals surface area contributed by atoms with E-state index in [-0.39, 0.29) is 23.3 Å². The lowest BCUT2D eigenvalue weighted by Crippen LogP contribution is -2.33. The Balaban J connectivity index is 2.01. The summed E-state index contributed by atoms with van der Waals surface area (Å²) in [6, 6.07) is 7.35. The van der Waals surface area contributed by atoms with Crippen LogP contribution in [0.4, 0.5) is 0 Å². The maximum Gasteiger partial charge on any atom is 0.276 e. The van der Waals surface area contributed by atoms with Crippen LogP contribution in [0, 0.1) is 6.92 Å². The van der Waals surface area contributed by atoms with Crippen molar-refractivity contribution in [1.29, 1.82) is 0 Å². The van der Waals surface area contributed by atoms with Crippen molar-refractivity contribution in [1.82, 2.24) is 14.9 Å². The van der Waals surface area contributed by atoms with Crippen LogP contribution in [-0.2, 0) is 4.79 Å². The van der Waals surface area contributed by atoms with E-state index in [0.29, 0.717) is 26.1 Å². The quantitative estimate of drug-likeness (QED) is 0.472. The molecule has 1 N–H and O–H groups in total. The van der Waals surface area contributed by atoms with Gasteiger partial charge in [-0.15, -0.1) is 11.3 Å². The van der Waals surface area contributed by atoms with Crippen molar-refractivity contribution >= 4 is 50.8 Å². The van der Waals surface area contributed by atoms with Crippen molar-refractivity contribution in [2.75, 3.05) is 5.75 Å². The number of nitrogens with one attached hydrogen (secondary N) is 1. The summed E-state index contributed by atoms with van der Waals surface area (Å²) in [6.07, 6.45) is 0.865. The van der Waals surface area contributed by atoms with E-state index in [1.54, 1.807) is 16.7 Å². The molecule has 0 fully saturated rings. The van der Waals surface area contributed by atoms with Gasteiger partial charge in [-0.3, -0.25) is 14.2 Å². The van der Waals surface area contributed by atoms with Crippen LogP contribution in [0.3, 0.4) is 0 Å². The third-order valence-electron chi connectivity index (χ3n) is 4.20. The molecule has 1 atom stereocenters. The number of halogens is 1. The lowest BCUT2D eigenvalue weighted by Gasteiger charge is -2.14. The molecule has 0 bridgehead atoms. The highest BCUT2D eigenvalue weighted by atomic mass is 35.5. The fourth-order valence-corrected chi connectivity index (χ4v) is 4.23. The predicted molar refractivity (Wildman–Crippen MR) is 114 cm³/mol. The van der Waals surface area contributed by atoms with Crippen molar-refractivity contribution < 1.29 is 4.79 Å². The van der Waals surface area contributed by atoms with Gasteiger partial charge in [0.05, 0.1) is 17.0 Å². The Kier molecular flexibility index (Phi) is 6.24. The van der Waals surface area contributed by atoms with Crippen molar-refractivity contribution in [3.63, 3.8) is 0 Å². The van der Waals surface area contributed by atoms with Crippen LogP contribution >= 0.6 is 34.7 Å². The monoisotopic (exact) mass is 421 g/mol. The van der Waals surface area contributed by atoms with Gasteiger partial charge in [-0.25, -0.2) is 4.98 Å². The van der Waals surface area contributed by atoms with E-state index in [9.17, 15) is 9.59 Å². The molecule has 0 radical (unpaired) electrons. The zero-order valence-electron chi connectivity index (χ0n) is 15.3. The molecule has 0 aliphatic carbocycles. The molecule has 0 saturated heterocycles. The Morgan fingerprint density at radius 1 is 1.41 bits per heavy atom. The molecule has 0 aliphatic heterocycles. The highest BCUT2D eigenvalue weighted by molar-refractivity contribution is 7.99. The molecule has 1 aromatic carbocycles. The Bertz CT molecular complexity index is 1050. The van der Waals surface area contributed by atoms with Crippen molar-refractivity contribution in [2.45, 2.75) is 38.4 Å². The van der Waals surface area contributed by atoms with Crippen molar-refractivity contribution in [2.24, 2.45) is 0 Å². The number of fused-ring (bicyclic) bond motifs is 1. The minimum atomic E-state index is -0.137. The lowest BCUT2D eigenvalue weighted by atomic mass is 10.2. The highest BCUT2D eigenvalue weighted by Crippen LogP contribution is 2.25. The minimum absolute atomic E-state index is 0.0761. The number of nitrogens with zero attached hydrogens (tertiary/aromatic N) is 2. The maximum atomic E-state index is 13.1. The summed E-state index contributed by atoms with van der Waals surface area (Å²) < 4.78 is 2.15. The lowest BCUT2D eigenvalue weighted by molar-refractivity contribution is -0.119. The van der Waals surface area contributed by atoms with Crippen LogP contribution in [0.1, 0.15) is 25.8 Å². The van der Waals surface area contributed by atoms with Gasteiger partial charge < -0.3 is 5.32 Å². The van der Waals surface area contributed by atoms with Gasteiger partial charge in [0.1, 0.15) is 4.70 Å². The number of thiophene rings is 1. The minimum Gasteiger partial charge on any atom is -0.353 e. The smallest absolute Gasteiger partial charge is 0.276 e. The number of benzene rings is 1. The van der Waals surface area contributed by atoms with Crippen LogP contribution in [0.25, 0.3) is 15.9 Å². The normalized spacial score (nSPS) is 12.3. The number of hydrogen-bond acceptors (Lipinski definition) is 5. The predicted octanol–water partition coefficient (Wildman–Crippen LogP) is 4.42. The third kappa shape index (κ3) is 4.36. The first-order valence-electron chi connectivity index (χ1n) is 8.59. The summed E-state index contributed by atoms with van der Waals surface area (Å²) in [4.78, 5) is 29.8. The van der Waals surface area contributed by atoms with Gasteiger partial charge in [0.15, 0.2) is 5.16 Å². The Labute approximate surface area is 170 Å². The van der Waals surface area contributed by atoms with E-state index >= 15 is 0 Å². The molecule has 142 valence electrons. The second kappa shape index (κ2) is 8.46. The van der Waals surface area contributed by atoms with Crippen LogP contribution in [0.5, 0.6) is 0 Å². The molecule has 3 rings (SSSR count). The van der Waals surface area contributed by atoms with Gasteiger partial charge >= 0.3 is 0 Å². The number of carbonyl (C=O) groups is 1. The molecular formula is C19H20ClN3O2S2. The van der Waals surface area contributed by atoms with Crippen molar-refractivity contribution in [3.8, 4) is 5.69 Å². The number of amides is 1. The number of rotatable bonds is 6. The van der Waals surface area contributed by atoms with Crippen LogP contribution in [-0.4, -0.2) is 27.3 Å². The Hall–Kier alpha value is -1.83.